The van der Waals surface area contributed by atoms with Crippen molar-refractivity contribution < 1.29 is 28.2 Å². The molecule has 1 saturated heterocycles. The number of carbonyl (C=O) groups is 3. The molecule has 1 aliphatic heterocycles. The first kappa shape index (κ1) is 23.9. The van der Waals surface area contributed by atoms with Crippen LogP contribution >= 0.6 is 0 Å². The number of imide groups is 1. The molecule has 0 radical (unpaired) electrons. The zero-order chi connectivity index (χ0) is 25.1. The van der Waals surface area contributed by atoms with E-state index in [1.54, 1.807) is 18.2 Å². The Bertz CT molecular complexity index is 1260. The first-order chi connectivity index (χ1) is 16.8. The third kappa shape index (κ3) is 4.87. The average Bonchev–Trinajstić information content (AvgIpc) is 3.16. The molecule has 180 valence electrons. The van der Waals surface area contributed by atoms with Crippen LogP contribution in [-0.4, -0.2) is 42.9 Å². The molecular formula is C27H25FN2O5. The van der Waals surface area contributed by atoms with Gasteiger partial charge in [0, 0.05) is 12.1 Å². The zero-order valence-electron chi connectivity index (χ0n) is 19.7. The number of methoxy groups -OCH3 is 2. The Morgan fingerprint density at radius 3 is 2.26 bits per heavy atom. The van der Waals surface area contributed by atoms with Crippen molar-refractivity contribution in [3.63, 3.8) is 0 Å². The number of anilines is 1. The number of amides is 3. The Morgan fingerprint density at radius 1 is 0.971 bits per heavy atom. The molecule has 1 heterocycles. The maximum absolute atomic E-state index is 13.7. The first-order valence-electron chi connectivity index (χ1n) is 11.0. The van der Waals surface area contributed by atoms with Gasteiger partial charge in [0.2, 0.25) is 5.91 Å². The van der Waals surface area contributed by atoms with Crippen molar-refractivity contribution in [3.05, 3.63) is 89.2 Å². The van der Waals surface area contributed by atoms with Crippen LogP contribution in [0, 0.1) is 12.7 Å². The predicted octanol–water partition coefficient (Wildman–Crippen LogP) is 4.13. The van der Waals surface area contributed by atoms with Gasteiger partial charge in [0.1, 0.15) is 11.9 Å². The number of carbonyl (C=O) groups excluding carboxylic acids is 3. The van der Waals surface area contributed by atoms with Gasteiger partial charge in [-0.25, -0.2) is 9.29 Å². The van der Waals surface area contributed by atoms with Gasteiger partial charge in [-0.15, -0.1) is 0 Å². The van der Waals surface area contributed by atoms with E-state index in [1.165, 1.54) is 43.4 Å². The maximum atomic E-state index is 13.7. The molecule has 0 aromatic heterocycles. The molecular weight excluding hydrogens is 451 g/mol. The molecule has 4 rings (SSSR count). The lowest BCUT2D eigenvalue weighted by atomic mass is 10.1. The summed E-state index contributed by atoms with van der Waals surface area (Å²) in [5, 5.41) is 0. The molecule has 7 nitrogen and oxygen atoms in total. The highest BCUT2D eigenvalue weighted by molar-refractivity contribution is 6.23. The lowest BCUT2D eigenvalue weighted by Crippen LogP contribution is -2.45. The molecule has 1 unspecified atom stereocenters. The third-order valence-electron chi connectivity index (χ3n) is 5.95. The van der Waals surface area contributed by atoms with Crippen LogP contribution in [0.2, 0.25) is 0 Å². The summed E-state index contributed by atoms with van der Waals surface area (Å²) in [6.45, 7) is 2.07. The van der Waals surface area contributed by atoms with Gasteiger partial charge in [-0.3, -0.25) is 14.4 Å². The summed E-state index contributed by atoms with van der Waals surface area (Å²) in [6, 6.07) is 16.4. The van der Waals surface area contributed by atoms with Crippen molar-refractivity contribution in [1.82, 2.24) is 4.90 Å². The van der Waals surface area contributed by atoms with Crippen molar-refractivity contribution in [3.8, 4) is 11.5 Å². The summed E-state index contributed by atoms with van der Waals surface area (Å²) in [5.41, 5.74) is 2.42. The monoisotopic (exact) mass is 476 g/mol. The van der Waals surface area contributed by atoms with E-state index in [0.29, 0.717) is 11.5 Å². The molecule has 0 N–H and O–H groups in total. The summed E-state index contributed by atoms with van der Waals surface area (Å²) in [7, 11) is 2.96. The number of hydrogen-bond acceptors (Lipinski definition) is 5. The summed E-state index contributed by atoms with van der Waals surface area (Å²) >= 11 is 0. The normalized spacial score (nSPS) is 15.3. The van der Waals surface area contributed by atoms with Gasteiger partial charge in [-0.05, 0) is 55.0 Å². The van der Waals surface area contributed by atoms with Crippen LogP contribution in [0.4, 0.5) is 10.1 Å². The summed E-state index contributed by atoms with van der Waals surface area (Å²) in [6.07, 6.45) is -0.179. The minimum atomic E-state index is -1.02. The van der Waals surface area contributed by atoms with Crippen LogP contribution in [0.25, 0.3) is 0 Å². The van der Waals surface area contributed by atoms with E-state index in [4.69, 9.17) is 9.47 Å². The van der Waals surface area contributed by atoms with Crippen LogP contribution in [0.1, 0.15) is 27.9 Å². The van der Waals surface area contributed by atoms with Gasteiger partial charge in [0.15, 0.2) is 11.5 Å². The van der Waals surface area contributed by atoms with Gasteiger partial charge < -0.3 is 14.4 Å². The van der Waals surface area contributed by atoms with E-state index in [0.717, 1.165) is 16.0 Å². The Hall–Kier alpha value is -4.20. The van der Waals surface area contributed by atoms with Gasteiger partial charge in [-0.1, -0.05) is 29.8 Å². The summed E-state index contributed by atoms with van der Waals surface area (Å²) in [4.78, 5) is 42.4. The van der Waals surface area contributed by atoms with E-state index in [-0.39, 0.29) is 24.2 Å². The minimum absolute atomic E-state index is 0.119. The molecule has 1 atom stereocenters. The van der Waals surface area contributed by atoms with Gasteiger partial charge in [0.25, 0.3) is 11.8 Å². The zero-order valence-corrected chi connectivity index (χ0v) is 19.7. The van der Waals surface area contributed by atoms with Crippen LogP contribution < -0.4 is 14.4 Å². The predicted molar refractivity (Wildman–Crippen MR) is 128 cm³/mol. The quantitative estimate of drug-likeness (QED) is 0.480. The first-order valence-corrected chi connectivity index (χ1v) is 11.0. The Kier molecular flexibility index (Phi) is 6.82. The number of nitrogens with zero attached hydrogens (tertiary/aromatic N) is 2. The highest BCUT2D eigenvalue weighted by atomic mass is 19.1. The van der Waals surface area contributed by atoms with Crippen molar-refractivity contribution in [2.75, 3.05) is 19.1 Å². The van der Waals surface area contributed by atoms with E-state index >= 15 is 0 Å². The lowest BCUT2D eigenvalue weighted by Gasteiger charge is -2.28. The topological polar surface area (TPSA) is 76.2 Å². The molecule has 35 heavy (non-hydrogen) atoms. The Balaban J connectivity index is 1.71. The standard InChI is InChI=1S/C27H25FN2O5/c1-17-4-6-18(7-5-17)16-29(26(32)19-8-13-23(34-2)24(14-19)35-3)22-15-25(31)30(27(22)33)21-11-9-20(28)10-12-21/h4-14,22H,15-16H2,1-3H3. The molecule has 1 aliphatic rings. The number of ether oxygens (including phenoxy) is 2. The van der Waals surface area contributed by atoms with E-state index < -0.39 is 29.6 Å². The second-order valence-corrected chi connectivity index (χ2v) is 8.25. The average molecular weight is 477 g/mol. The highest BCUT2D eigenvalue weighted by Crippen LogP contribution is 2.31. The van der Waals surface area contributed by atoms with Crippen LogP contribution in [0.3, 0.4) is 0 Å². The van der Waals surface area contributed by atoms with Crippen molar-refractivity contribution in [1.29, 1.82) is 0 Å². The number of benzene rings is 3. The largest absolute Gasteiger partial charge is 0.493 e. The maximum Gasteiger partial charge on any atom is 0.257 e. The van der Waals surface area contributed by atoms with Crippen LogP contribution in [-0.2, 0) is 16.1 Å². The number of rotatable bonds is 7. The molecule has 3 amide bonds. The number of aryl methyl sites for hydroxylation is 1. The van der Waals surface area contributed by atoms with Crippen LogP contribution in [0.5, 0.6) is 11.5 Å². The molecule has 1 fully saturated rings. The van der Waals surface area contributed by atoms with E-state index in [1.807, 2.05) is 31.2 Å². The van der Waals surface area contributed by atoms with E-state index in [9.17, 15) is 18.8 Å². The molecule has 0 spiro atoms. The number of hydrogen-bond donors (Lipinski definition) is 0. The molecule has 3 aromatic rings. The summed E-state index contributed by atoms with van der Waals surface area (Å²) in [5.74, 6) is -1.07. The van der Waals surface area contributed by atoms with Crippen molar-refractivity contribution >= 4 is 23.4 Å². The smallest absolute Gasteiger partial charge is 0.257 e. The third-order valence-corrected chi connectivity index (χ3v) is 5.95. The van der Waals surface area contributed by atoms with Gasteiger partial charge in [0.05, 0.1) is 26.3 Å². The van der Waals surface area contributed by atoms with Gasteiger partial charge >= 0.3 is 0 Å². The molecule has 0 saturated carbocycles. The second kappa shape index (κ2) is 9.97. The highest BCUT2D eigenvalue weighted by Gasteiger charge is 2.44. The Labute approximate surface area is 202 Å². The Morgan fingerprint density at radius 2 is 1.63 bits per heavy atom. The SMILES string of the molecule is COc1ccc(C(=O)N(Cc2ccc(C)cc2)C2CC(=O)N(c3ccc(F)cc3)C2=O)cc1OC. The fourth-order valence-electron chi connectivity index (χ4n) is 4.07. The molecule has 0 aliphatic carbocycles. The second-order valence-electron chi connectivity index (χ2n) is 8.25. The minimum Gasteiger partial charge on any atom is -0.493 e. The van der Waals surface area contributed by atoms with Gasteiger partial charge in [-0.2, -0.15) is 0 Å². The fourth-order valence-corrected chi connectivity index (χ4v) is 4.07. The fraction of sp³-hybridized carbons (Fsp3) is 0.222. The number of halogens is 1. The lowest BCUT2D eigenvalue weighted by molar-refractivity contribution is -0.122. The van der Waals surface area contributed by atoms with E-state index in [2.05, 4.69) is 0 Å². The molecule has 3 aromatic carbocycles. The summed E-state index contributed by atoms with van der Waals surface area (Å²) < 4.78 is 24.0. The van der Waals surface area contributed by atoms with Crippen molar-refractivity contribution in [2.24, 2.45) is 0 Å². The molecule has 8 heteroatoms. The van der Waals surface area contributed by atoms with Crippen molar-refractivity contribution in [2.45, 2.75) is 25.9 Å². The molecule has 0 bridgehead atoms. The van der Waals surface area contributed by atoms with Crippen LogP contribution in [0.15, 0.2) is 66.7 Å².